The van der Waals surface area contributed by atoms with Gasteiger partial charge in [0.05, 0.1) is 0 Å². The van der Waals surface area contributed by atoms with E-state index in [1.165, 1.54) is 23.2 Å². The van der Waals surface area contributed by atoms with Crippen LogP contribution in [0.15, 0.2) is 24.3 Å². The van der Waals surface area contributed by atoms with E-state index in [0.29, 0.717) is 0 Å². The molecule has 1 radical (unpaired) electrons. The van der Waals surface area contributed by atoms with E-state index in [1.54, 1.807) is 0 Å². The van der Waals surface area contributed by atoms with Gasteiger partial charge in [-0.15, -0.1) is 0 Å². The van der Waals surface area contributed by atoms with E-state index >= 15 is 0 Å². The first-order valence-electron chi connectivity index (χ1n) is 4.45. The lowest BCUT2D eigenvalue weighted by Crippen LogP contribution is -2.07. The smallest absolute Gasteiger partial charge is 0.0209 e. The monoisotopic (exact) mass is 179 g/mol. The molecule has 0 atom stereocenters. The highest BCUT2D eigenvalue weighted by molar-refractivity contribution is 7.65. The second-order valence-corrected chi connectivity index (χ2v) is 5.63. The highest BCUT2D eigenvalue weighted by atomic mass is 31.1. The molecule has 0 saturated carbocycles. The van der Waals surface area contributed by atoms with Crippen molar-refractivity contribution in [1.82, 2.24) is 0 Å². The van der Waals surface area contributed by atoms with Gasteiger partial charge in [0.1, 0.15) is 0 Å². The molecule has 0 amide bonds. The molecule has 0 spiro atoms. The number of rotatable bonds is 3. The predicted octanol–water partition coefficient (Wildman–Crippen LogP) is 3.02. The van der Waals surface area contributed by atoms with Gasteiger partial charge in [-0.05, 0) is 30.1 Å². The summed E-state index contributed by atoms with van der Waals surface area (Å²) < 4.78 is 0. The van der Waals surface area contributed by atoms with Gasteiger partial charge >= 0.3 is 0 Å². The Bertz CT molecular complexity index is 239. The van der Waals surface area contributed by atoms with E-state index in [-0.39, 0.29) is 7.92 Å². The molecule has 1 aromatic rings. The molecule has 65 valence electrons. The molecule has 0 heterocycles. The zero-order valence-corrected chi connectivity index (χ0v) is 8.77. The molecule has 1 rings (SSSR count). The highest BCUT2D eigenvalue weighted by Crippen LogP contribution is 2.33. The Kier molecular flexibility index (Phi) is 3.75. The van der Waals surface area contributed by atoms with Crippen molar-refractivity contribution in [3.05, 3.63) is 36.8 Å². The summed E-state index contributed by atoms with van der Waals surface area (Å²) in [6, 6.07) is 8.51. The van der Waals surface area contributed by atoms with Gasteiger partial charge in [-0.1, -0.05) is 46.0 Å². The Hall–Kier alpha value is -0.350. The number of hydrogen-bond donors (Lipinski definition) is 0. The summed E-state index contributed by atoms with van der Waals surface area (Å²) in [6.45, 7) is 8.58. The minimum absolute atomic E-state index is 0.0653. The van der Waals surface area contributed by atoms with Crippen LogP contribution < -0.4 is 5.30 Å². The van der Waals surface area contributed by atoms with Gasteiger partial charge in [-0.2, -0.15) is 0 Å². The summed E-state index contributed by atoms with van der Waals surface area (Å²) in [4.78, 5) is 0. The molecule has 0 N–H and O–H groups in total. The average Bonchev–Trinajstić information content (AvgIpc) is 2.10. The second kappa shape index (κ2) is 4.62. The summed E-state index contributed by atoms with van der Waals surface area (Å²) in [6.07, 6.45) is 2.55. The first-order chi connectivity index (χ1) is 5.79. The van der Waals surface area contributed by atoms with Crippen LogP contribution in [0.1, 0.15) is 19.4 Å². The largest absolute Gasteiger partial charge is 0.0756 e. The van der Waals surface area contributed by atoms with Crippen LogP contribution in [0, 0.1) is 6.92 Å². The fraction of sp³-hybridized carbons (Fsp3) is 0.364. The van der Waals surface area contributed by atoms with Crippen molar-refractivity contribution in [3.8, 4) is 0 Å². The maximum atomic E-state index is 4.05. The van der Waals surface area contributed by atoms with Crippen molar-refractivity contribution in [3.63, 3.8) is 0 Å². The summed E-state index contributed by atoms with van der Waals surface area (Å²) in [5.41, 5.74) is 1.22. The quantitative estimate of drug-likeness (QED) is 0.626. The van der Waals surface area contributed by atoms with Crippen LogP contribution in [-0.2, 0) is 0 Å². The zero-order valence-electron chi connectivity index (χ0n) is 7.88. The van der Waals surface area contributed by atoms with E-state index in [1.807, 2.05) is 0 Å². The second-order valence-electron chi connectivity index (χ2n) is 2.80. The predicted molar refractivity (Wildman–Crippen MR) is 58.5 cm³/mol. The van der Waals surface area contributed by atoms with Gasteiger partial charge in [0, 0.05) is 0 Å². The molecule has 1 heteroatoms. The minimum Gasteiger partial charge on any atom is -0.0756 e. The van der Waals surface area contributed by atoms with E-state index in [0.717, 1.165) is 0 Å². The fourth-order valence-electron chi connectivity index (χ4n) is 1.38. The van der Waals surface area contributed by atoms with E-state index in [4.69, 9.17) is 0 Å². The topological polar surface area (TPSA) is 0 Å². The summed E-state index contributed by atoms with van der Waals surface area (Å²) >= 11 is 0. The molecule has 0 nitrogen and oxygen atoms in total. The van der Waals surface area contributed by atoms with Crippen LogP contribution in [0.4, 0.5) is 0 Å². The van der Waals surface area contributed by atoms with Crippen molar-refractivity contribution in [1.29, 1.82) is 0 Å². The van der Waals surface area contributed by atoms with Gasteiger partial charge in [0.2, 0.25) is 0 Å². The van der Waals surface area contributed by atoms with Crippen molar-refractivity contribution >= 4 is 13.2 Å². The van der Waals surface area contributed by atoms with Gasteiger partial charge < -0.3 is 0 Å². The maximum absolute atomic E-state index is 4.05. The summed E-state index contributed by atoms with van der Waals surface area (Å²) in [7, 11) is 0.0653. The Labute approximate surface area is 76.8 Å². The molecule has 12 heavy (non-hydrogen) atoms. The molecule has 1 aromatic carbocycles. The van der Waals surface area contributed by atoms with Gasteiger partial charge in [0.25, 0.3) is 0 Å². The molecule has 0 aliphatic carbocycles. The summed E-state index contributed by atoms with van der Waals surface area (Å²) in [5.74, 6) is 0. The van der Waals surface area contributed by atoms with Crippen LogP contribution in [0.25, 0.3) is 0 Å². The number of hydrogen-bond acceptors (Lipinski definition) is 0. The van der Waals surface area contributed by atoms with Gasteiger partial charge in [0.15, 0.2) is 0 Å². The normalized spacial score (nSPS) is 10.7. The highest BCUT2D eigenvalue weighted by Gasteiger charge is 2.07. The molecule has 0 aliphatic heterocycles. The minimum atomic E-state index is 0.0653. The Morgan fingerprint density at radius 1 is 1.17 bits per heavy atom. The third-order valence-corrected chi connectivity index (χ3v) is 4.74. The van der Waals surface area contributed by atoms with Gasteiger partial charge in [-0.3, -0.25) is 0 Å². The standard InChI is InChI=1S/C11H16P/c1-4-12(5-2)11-9-7-6-8-10(11)3/h6-9H,3-5H2,1-2H3. The Balaban J connectivity index is 2.92. The van der Waals surface area contributed by atoms with E-state index in [2.05, 4.69) is 45.0 Å². The first kappa shape index (κ1) is 9.74. The molecule has 0 fully saturated rings. The third kappa shape index (κ3) is 2.08. The van der Waals surface area contributed by atoms with Crippen LogP contribution in [0.3, 0.4) is 0 Å². The molecule has 0 saturated heterocycles. The van der Waals surface area contributed by atoms with E-state index in [9.17, 15) is 0 Å². The van der Waals surface area contributed by atoms with Crippen molar-refractivity contribution < 1.29 is 0 Å². The zero-order chi connectivity index (χ0) is 8.97. The van der Waals surface area contributed by atoms with Crippen molar-refractivity contribution in [2.45, 2.75) is 13.8 Å². The lowest BCUT2D eigenvalue weighted by atomic mass is 10.2. The van der Waals surface area contributed by atoms with Crippen LogP contribution in [0.5, 0.6) is 0 Å². The lowest BCUT2D eigenvalue weighted by molar-refractivity contribution is 1.42. The van der Waals surface area contributed by atoms with Crippen LogP contribution in [0.2, 0.25) is 0 Å². The first-order valence-corrected chi connectivity index (χ1v) is 6.16. The summed E-state index contributed by atoms with van der Waals surface area (Å²) in [5, 5.41) is 1.48. The Morgan fingerprint density at radius 2 is 1.75 bits per heavy atom. The number of benzene rings is 1. The average molecular weight is 179 g/mol. The molecule has 0 bridgehead atoms. The van der Waals surface area contributed by atoms with Crippen molar-refractivity contribution in [2.75, 3.05) is 12.3 Å². The molecule has 0 aromatic heterocycles. The lowest BCUT2D eigenvalue weighted by Gasteiger charge is -2.15. The van der Waals surface area contributed by atoms with Gasteiger partial charge in [-0.25, -0.2) is 0 Å². The van der Waals surface area contributed by atoms with E-state index < -0.39 is 0 Å². The van der Waals surface area contributed by atoms with Crippen LogP contribution >= 0.6 is 7.92 Å². The van der Waals surface area contributed by atoms with Crippen molar-refractivity contribution in [2.24, 2.45) is 0 Å². The molecule has 0 aliphatic rings. The molecular weight excluding hydrogens is 163 g/mol. The Morgan fingerprint density at radius 3 is 2.25 bits per heavy atom. The fourth-order valence-corrected chi connectivity index (χ4v) is 3.29. The van der Waals surface area contributed by atoms with Crippen LogP contribution in [-0.4, -0.2) is 12.3 Å². The SMILES string of the molecule is [CH2]c1ccccc1P(CC)CC. The molecule has 0 unspecified atom stereocenters. The molecular formula is C11H16P. The maximum Gasteiger partial charge on any atom is -0.0209 e. The third-order valence-electron chi connectivity index (χ3n) is 2.10.